The van der Waals surface area contributed by atoms with Crippen molar-refractivity contribution in [3.05, 3.63) is 76.8 Å². The number of hydrogen-bond acceptors (Lipinski definition) is 6. The van der Waals surface area contributed by atoms with Gasteiger partial charge >= 0.3 is 0 Å². The number of ether oxygens (including phenoxy) is 1. The van der Waals surface area contributed by atoms with E-state index in [1.165, 1.54) is 29.1 Å². The van der Waals surface area contributed by atoms with Crippen LogP contribution in [0.3, 0.4) is 0 Å². The molecule has 0 aliphatic carbocycles. The van der Waals surface area contributed by atoms with Crippen LogP contribution in [-0.2, 0) is 27.8 Å². The van der Waals surface area contributed by atoms with Gasteiger partial charge < -0.3 is 10.1 Å². The Labute approximate surface area is 179 Å². The minimum Gasteiger partial charge on any atom is -0.496 e. The van der Waals surface area contributed by atoms with Gasteiger partial charge in [0, 0.05) is 18.2 Å². The summed E-state index contributed by atoms with van der Waals surface area (Å²) in [7, 11) is -2.19. The highest BCUT2D eigenvalue weighted by Gasteiger charge is 2.10. The molecule has 0 radical (unpaired) electrons. The third kappa shape index (κ3) is 5.77. The Kier molecular flexibility index (Phi) is 6.83. The molecule has 1 heterocycles. The first-order chi connectivity index (χ1) is 14.8. The van der Waals surface area contributed by atoms with Crippen molar-refractivity contribution in [1.82, 2.24) is 14.9 Å². The number of nitrogens with two attached hydrogens (primary N) is 1. The first-order valence-corrected chi connectivity index (χ1v) is 10.9. The highest BCUT2D eigenvalue weighted by atomic mass is 32.2. The van der Waals surface area contributed by atoms with E-state index in [-0.39, 0.29) is 22.9 Å². The first-order valence-electron chi connectivity index (χ1n) is 9.36. The number of para-hydroxylation sites is 1. The zero-order valence-electron chi connectivity index (χ0n) is 16.8. The minimum atomic E-state index is -3.73. The number of hydrogen-bond donors (Lipinski definition) is 2. The van der Waals surface area contributed by atoms with Gasteiger partial charge in [-0.1, -0.05) is 24.3 Å². The Bertz CT molecular complexity index is 1240. The van der Waals surface area contributed by atoms with Crippen molar-refractivity contribution >= 4 is 15.9 Å². The molecule has 31 heavy (non-hydrogen) atoms. The number of carbonyl (C=O) groups is 1. The van der Waals surface area contributed by atoms with Crippen LogP contribution in [0.1, 0.15) is 5.56 Å². The lowest BCUT2D eigenvalue weighted by atomic mass is 10.1. The Morgan fingerprint density at radius 2 is 1.87 bits per heavy atom. The molecular weight excluding hydrogens is 420 g/mol. The summed E-state index contributed by atoms with van der Waals surface area (Å²) in [6.45, 7) is 0.164. The topological polar surface area (TPSA) is 133 Å². The SMILES string of the molecule is COc1ccccc1-c1cc(=O)n(CC(=O)NCCc2ccc(S(N)(=O)=O)cc2)cn1. The van der Waals surface area contributed by atoms with Crippen molar-refractivity contribution in [3.63, 3.8) is 0 Å². The zero-order chi connectivity index (χ0) is 22.4. The number of nitrogens with zero attached hydrogens (tertiary/aromatic N) is 2. The van der Waals surface area contributed by atoms with E-state index in [0.29, 0.717) is 30.0 Å². The summed E-state index contributed by atoms with van der Waals surface area (Å²) in [5.41, 5.74) is 1.63. The second-order valence-electron chi connectivity index (χ2n) is 6.73. The average Bonchev–Trinajstić information content (AvgIpc) is 2.75. The smallest absolute Gasteiger partial charge is 0.254 e. The summed E-state index contributed by atoms with van der Waals surface area (Å²) >= 11 is 0. The van der Waals surface area contributed by atoms with Crippen LogP contribution < -0.4 is 20.8 Å². The summed E-state index contributed by atoms with van der Waals surface area (Å²) in [5, 5.41) is 7.79. The van der Waals surface area contributed by atoms with Crippen molar-refractivity contribution in [2.75, 3.05) is 13.7 Å². The van der Waals surface area contributed by atoms with Crippen molar-refractivity contribution in [3.8, 4) is 17.0 Å². The molecule has 0 saturated heterocycles. The number of carbonyl (C=O) groups excluding carboxylic acids is 1. The molecule has 0 fully saturated rings. The number of rotatable bonds is 8. The molecule has 10 heteroatoms. The largest absolute Gasteiger partial charge is 0.496 e. The van der Waals surface area contributed by atoms with Crippen molar-refractivity contribution in [1.29, 1.82) is 0 Å². The van der Waals surface area contributed by atoms with Crippen molar-refractivity contribution < 1.29 is 17.9 Å². The molecule has 0 aliphatic heterocycles. The fourth-order valence-corrected chi connectivity index (χ4v) is 3.47. The van der Waals surface area contributed by atoms with E-state index in [2.05, 4.69) is 10.3 Å². The van der Waals surface area contributed by atoms with Gasteiger partial charge in [0.25, 0.3) is 5.56 Å². The van der Waals surface area contributed by atoms with Crippen LogP contribution in [0.25, 0.3) is 11.3 Å². The van der Waals surface area contributed by atoms with E-state index in [1.807, 2.05) is 12.1 Å². The molecule has 0 unspecified atom stereocenters. The fourth-order valence-electron chi connectivity index (χ4n) is 2.95. The number of primary sulfonamides is 1. The summed E-state index contributed by atoms with van der Waals surface area (Å²) in [5.74, 6) is 0.261. The van der Waals surface area contributed by atoms with E-state index in [1.54, 1.807) is 31.4 Å². The van der Waals surface area contributed by atoms with Crippen LogP contribution in [0.2, 0.25) is 0 Å². The summed E-state index contributed by atoms with van der Waals surface area (Å²) in [6, 6.07) is 14.7. The van der Waals surface area contributed by atoms with E-state index in [4.69, 9.17) is 9.88 Å². The third-order valence-electron chi connectivity index (χ3n) is 4.56. The number of aromatic nitrogens is 2. The highest BCUT2D eigenvalue weighted by molar-refractivity contribution is 7.89. The summed E-state index contributed by atoms with van der Waals surface area (Å²) in [4.78, 5) is 28.9. The van der Waals surface area contributed by atoms with Gasteiger partial charge in [-0.05, 0) is 36.2 Å². The van der Waals surface area contributed by atoms with Crippen LogP contribution in [0.4, 0.5) is 0 Å². The summed E-state index contributed by atoms with van der Waals surface area (Å²) < 4.78 is 29.0. The maximum absolute atomic E-state index is 12.4. The number of sulfonamides is 1. The molecule has 162 valence electrons. The maximum Gasteiger partial charge on any atom is 0.254 e. The monoisotopic (exact) mass is 442 g/mol. The summed E-state index contributed by atoms with van der Waals surface area (Å²) in [6.07, 6.45) is 1.83. The number of amides is 1. The maximum atomic E-state index is 12.4. The molecule has 0 atom stereocenters. The van der Waals surface area contributed by atoms with Crippen LogP contribution in [0.5, 0.6) is 5.75 Å². The molecule has 0 aliphatic rings. The van der Waals surface area contributed by atoms with Gasteiger partial charge in [0.05, 0.1) is 24.0 Å². The van der Waals surface area contributed by atoms with Gasteiger partial charge in [0.1, 0.15) is 12.3 Å². The predicted octanol–water partition coefficient (Wildman–Crippen LogP) is 0.925. The van der Waals surface area contributed by atoms with Gasteiger partial charge in [-0.15, -0.1) is 0 Å². The Balaban J connectivity index is 1.58. The van der Waals surface area contributed by atoms with Crippen molar-refractivity contribution in [2.45, 2.75) is 17.9 Å². The molecule has 0 spiro atoms. The van der Waals surface area contributed by atoms with Crippen molar-refractivity contribution in [2.24, 2.45) is 5.14 Å². The van der Waals surface area contributed by atoms with E-state index in [0.717, 1.165) is 5.56 Å². The van der Waals surface area contributed by atoms with E-state index >= 15 is 0 Å². The molecule has 2 aromatic carbocycles. The normalized spacial score (nSPS) is 11.2. The fraction of sp³-hybridized carbons (Fsp3) is 0.190. The number of nitrogens with one attached hydrogen (secondary N) is 1. The molecule has 1 aromatic heterocycles. The van der Waals surface area contributed by atoms with E-state index < -0.39 is 10.0 Å². The number of methoxy groups -OCH3 is 1. The molecule has 0 bridgehead atoms. The molecule has 0 saturated carbocycles. The van der Waals surface area contributed by atoms with Gasteiger partial charge in [0.2, 0.25) is 15.9 Å². The number of benzene rings is 2. The lowest BCUT2D eigenvalue weighted by Gasteiger charge is -2.10. The van der Waals surface area contributed by atoms with Crippen LogP contribution in [-0.4, -0.2) is 37.5 Å². The minimum absolute atomic E-state index is 0.0312. The average molecular weight is 442 g/mol. The molecular formula is C21H22N4O5S. The van der Waals surface area contributed by atoms with Gasteiger partial charge in [-0.3, -0.25) is 14.2 Å². The van der Waals surface area contributed by atoms with E-state index in [9.17, 15) is 18.0 Å². The second-order valence-corrected chi connectivity index (χ2v) is 8.29. The second kappa shape index (κ2) is 9.54. The molecule has 1 amide bonds. The lowest BCUT2D eigenvalue weighted by molar-refractivity contribution is -0.121. The Morgan fingerprint density at radius 1 is 1.16 bits per heavy atom. The lowest BCUT2D eigenvalue weighted by Crippen LogP contribution is -2.33. The van der Waals surface area contributed by atoms with Crippen LogP contribution in [0.15, 0.2) is 70.6 Å². The Hall–Kier alpha value is -3.50. The Morgan fingerprint density at radius 3 is 2.52 bits per heavy atom. The van der Waals surface area contributed by atoms with Crippen LogP contribution in [0, 0.1) is 0 Å². The van der Waals surface area contributed by atoms with Crippen LogP contribution >= 0.6 is 0 Å². The highest BCUT2D eigenvalue weighted by Crippen LogP contribution is 2.26. The van der Waals surface area contributed by atoms with Gasteiger partial charge in [-0.2, -0.15) is 0 Å². The first kappa shape index (κ1) is 22.2. The molecule has 3 rings (SSSR count). The molecule has 9 nitrogen and oxygen atoms in total. The standard InChI is InChI=1S/C21H22N4O5S/c1-30-19-5-3-2-4-17(19)18-12-21(27)25(14-24-18)13-20(26)23-11-10-15-6-8-16(9-7-15)31(22,28)29/h2-9,12,14H,10-11,13H2,1H3,(H,23,26)(H2,22,28,29). The zero-order valence-corrected chi connectivity index (χ0v) is 17.6. The third-order valence-corrected chi connectivity index (χ3v) is 5.49. The quantitative estimate of drug-likeness (QED) is 0.533. The predicted molar refractivity (Wildman–Crippen MR) is 115 cm³/mol. The molecule has 3 aromatic rings. The molecule has 3 N–H and O–H groups in total. The van der Waals surface area contributed by atoms with Gasteiger partial charge in [-0.25, -0.2) is 18.5 Å². The van der Waals surface area contributed by atoms with Gasteiger partial charge in [0.15, 0.2) is 0 Å².